The molecule has 4 aliphatic carbocycles. The lowest BCUT2D eigenvalue weighted by atomic mass is 9.49. The van der Waals surface area contributed by atoms with Gasteiger partial charge in [0.25, 0.3) is 0 Å². The molecule has 4 saturated carbocycles. The third-order valence-electron chi connectivity index (χ3n) is 7.14. The molecule has 2 aromatic rings. The van der Waals surface area contributed by atoms with E-state index in [9.17, 15) is 4.79 Å². The molecule has 4 heteroatoms. The SMILES string of the molecule is COc1cc2cc(C(=O)/C=C/C34CC5CC(CC(C5)C3)C4)cnc2cc1OC. The van der Waals surface area contributed by atoms with Crippen molar-refractivity contribution < 1.29 is 14.3 Å². The molecular weight excluding hydrogens is 350 g/mol. The first-order valence-corrected chi connectivity index (χ1v) is 10.3. The lowest BCUT2D eigenvalue weighted by Crippen LogP contribution is -2.45. The molecular formula is C24H27NO3. The topological polar surface area (TPSA) is 48.4 Å². The Balaban J connectivity index is 1.40. The number of aromatic nitrogens is 1. The van der Waals surface area contributed by atoms with Crippen molar-refractivity contribution in [1.29, 1.82) is 0 Å². The number of fused-ring (bicyclic) bond motifs is 1. The first-order valence-electron chi connectivity index (χ1n) is 10.3. The standard InChI is InChI=1S/C24H27NO3/c1-27-22-9-18-8-19(14-25-20(18)10-23(22)28-2)21(26)3-4-24-11-15-5-16(12-24)7-17(6-15)13-24/h3-4,8-10,14-17H,5-7,11-13H2,1-2H3/b4-3+. The second-order valence-electron chi connectivity index (χ2n) is 9.10. The minimum atomic E-state index is 0.0416. The van der Waals surface area contributed by atoms with Gasteiger partial charge in [0.2, 0.25) is 0 Å². The van der Waals surface area contributed by atoms with E-state index < -0.39 is 0 Å². The number of ether oxygens (including phenoxy) is 2. The summed E-state index contributed by atoms with van der Waals surface area (Å²) in [7, 11) is 3.22. The summed E-state index contributed by atoms with van der Waals surface area (Å²) in [5.74, 6) is 3.98. The van der Waals surface area contributed by atoms with Crippen LogP contribution in [0.3, 0.4) is 0 Å². The molecule has 4 bridgehead atoms. The number of allylic oxidation sites excluding steroid dienone is 2. The van der Waals surface area contributed by atoms with Crippen molar-refractivity contribution in [2.45, 2.75) is 38.5 Å². The summed E-state index contributed by atoms with van der Waals surface area (Å²) < 4.78 is 10.7. The Bertz CT molecular complexity index is 926. The van der Waals surface area contributed by atoms with Gasteiger partial charge in [-0.2, -0.15) is 0 Å². The van der Waals surface area contributed by atoms with E-state index in [0.29, 0.717) is 17.1 Å². The Morgan fingerprint density at radius 3 is 2.21 bits per heavy atom. The Morgan fingerprint density at radius 1 is 1.00 bits per heavy atom. The van der Waals surface area contributed by atoms with E-state index in [0.717, 1.165) is 28.7 Å². The number of carbonyl (C=O) groups is 1. The van der Waals surface area contributed by atoms with Crippen molar-refractivity contribution in [3.8, 4) is 11.5 Å². The molecule has 1 heterocycles. The highest BCUT2D eigenvalue weighted by atomic mass is 16.5. The van der Waals surface area contributed by atoms with Crippen LogP contribution in [-0.2, 0) is 0 Å². The highest BCUT2D eigenvalue weighted by molar-refractivity contribution is 6.06. The summed E-state index contributed by atoms with van der Waals surface area (Å²) in [6, 6.07) is 5.62. The number of carbonyl (C=O) groups excluding carboxylic acids is 1. The lowest BCUT2D eigenvalue weighted by molar-refractivity contribution is -0.0238. The smallest absolute Gasteiger partial charge is 0.187 e. The third kappa shape index (κ3) is 2.99. The van der Waals surface area contributed by atoms with Crippen LogP contribution in [0.25, 0.3) is 10.9 Å². The van der Waals surface area contributed by atoms with Crippen LogP contribution in [0, 0.1) is 23.2 Å². The van der Waals surface area contributed by atoms with Gasteiger partial charge in [-0.15, -0.1) is 0 Å². The van der Waals surface area contributed by atoms with Gasteiger partial charge >= 0.3 is 0 Å². The Kier molecular flexibility index (Phi) is 4.18. The van der Waals surface area contributed by atoms with Crippen molar-refractivity contribution in [3.63, 3.8) is 0 Å². The number of benzene rings is 1. The molecule has 28 heavy (non-hydrogen) atoms. The molecule has 0 N–H and O–H groups in total. The maximum atomic E-state index is 12.9. The van der Waals surface area contributed by atoms with Crippen LogP contribution in [0.5, 0.6) is 11.5 Å². The van der Waals surface area contributed by atoms with Crippen LogP contribution < -0.4 is 9.47 Å². The van der Waals surface area contributed by atoms with Crippen LogP contribution >= 0.6 is 0 Å². The van der Waals surface area contributed by atoms with Gasteiger partial charge in [0, 0.05) is 23.2 Å². The van der Waals surface area contributed by atoms with Crippen molar-refractivity contribution in [2.75, 3.05) is 14.2 Å². The van der Waals surface area contributed by atoms with Gasteiger partial charge in [-0.1, -0.05) is 6.08 Å². The second-order valence-corrected chi connectivity index (χ2v) is 9.10. The highest BCUT2D eigenvalue weighted by Gasteiger charge is 2.49. The average molecular weight is 377 g/mol. The molecule has 0 saturated heterocycles. The van der Waals surface area contributed by atoms with Gasteiger partial charge in [0.1, 0.15) is 0 Å². The summed E-state index contributed by atoms with van der Waals surface area (Å²) >= 11 is 0. The molecule has 1 aromatic heterocycles. The van der Waals surface area contributed by atoms with Crippen molar-refractivity contribution in [2.24, 2.45) is 23.2 Å². The van der Waals surface area contributed by atoms with Crippen LogP contribution in [0.4, 0.5) is 0 Å². The first-order chi connectivity index (χ1) is 13.6. The predicted octanol–water partition coefficient (Wildman–Crippen LogP) is 5.21. The van der Waals surface area contributed by atoms with E-state index in [-0.39, 0.29) is 11.2 Å². The Labute approximate surface area is 165 Å². The number of rotatable bonds is 5. The summed E-state index contributed by atoms with van der Waals surface area (Å²) in [5.41, 5.74) is 1.69. The molecule has 4 aliphatic rings. The van der Waals surface area contributed by atoms with E-state index in [1.807, 2.05) is 24.3 Å². The third-order valence-corrected chi connectivity index (χ3v) is 7.14. The Morgan fingerprint density at radius 2 is 1.61 bits per heavy atom. The number of pyridine rings is 1. The minimum Gasteiger partial charge on any atom is -0.493 e. The zero-order valence-electron chi connectivity index (χ0n) is 16.6. The fourth-order valence-electron chi connectivity index (χ4n) is 6.32. The minimum absolute atomic E-state index is 0.0416. The molecule has 0 aliphatic heterocycles. The van der Waals surface area contributed by atoms with E-state index in [4.69, 9.17) is 9.47 Å². The van der Waals surface area contributed by atoms with Crippen LogP contribution in [-0.4, -0.2) is 25.0 Å². The van der Waals surface area contributed by atoms with Gasteiger partial charge in [-0.25, -0.2) is 0 Å². The largest absolute Gasteiger partial charge is 0.493 e. The number of methoxy groups -OCH3 is 2. The first kappa shape index (κ1) is 17.7. The fourth-order valence-corrected chi connectivity index (χ4v) is 6.32. The van der Waals surface area contributed by atoms with Gasteiger partial charge < -0.3 is 9.47 Å². The van der Waals surface area contributed by atoms with Crippen LogP contribution in [0.2, 0.25) is 0 Å². The van der Waals surface area contributed by atoms with Crippen molar-refractivity contribution >= 4 is 16.7 Å². The number of hydrogen-bond acceptors (Lipinski definition) is 4. The predicted molar refractivity (Wildman–Crippen MR) is 109 cm³/mol. The molecule has 0 amide bonds. The monoisotopic (exact) mass is 377 g/mol. The molecule has 0 atom stereocenters. The zero-order valence-corrected chi connectivity index (χ0v) is 16.6. The molecule has 6 rings (SSSR count). The molecule has 0 spiro atoms. The molecule has 0 radical (unpaired) electrons. The van der Waals surface area contributed by atoms with Gasteiger partial charge in [-0.05, 0) is 79.9 Å². The highest BCUT2D eigenvalue weighted by Crippen LogP contribution is 2.60. The zero-order chi connectivity index (χ0) is 19.3. The lowest BCUT2D eigenvalue weighted by Gasteiger charge is -2.55. The van der Waals surface area contributed by atoms with Crippen LogP contribution in [0.1, 0.15) is 48.9 Å². The van der Waals surface area contributed by atoms with Crippen LogP contribution in [0.15, 0.2) is 36.5 Å². The van der Waals surface area contributed by atoms with Gasteiger partial charge in [-0.3, -0.25) is 9.78 Å². The Hall–Kier alpha value is -2.36. The number of ketones is 1. The summed E-state index contributed by atoms with van der Waals surface area (Å²) in [6.45, 7) is 0. The van der Waals surface area contributed by atoms with E-state index in [1.165, 1.54) is 38.5 Å². The summed E-state index contributed by atoms with van der Waals surface area (Å²) in [5, 5.41) is 0.881. The average Bonchev–Trinajstić information content (AvgIpc) is 2.69. The quantitative estimate of drug-likeness (QED) is 0.530. The number of hydrogen-bond donors (Lipinski definition) is 0. The normalized spacial score (nSPS) is 30.9. The fraction of sp³-hybridized carbons (Fsp3) is 0.500. The van der Waals surface area contributed by atoms with E-state index >= 15 is 0 Å². The maximum Gasteiger partial charge on any atom is 0.187 e. The van der Waals surface area contributed by atoms with E-state index in [2.05, 4.69) is 11.1 Å². The summed E-state index contributed by atoms with van der Waals surface area (Å²) in [4.78, 5) is 17.3. The number of nitrogens with zero attached hydrogens (tertiary/aromatic N) is 1. The maximum absolute atomic E-state index is 12.9. The van der Waals surface area contributed by atoms with Gasteiger partial charge in [0.15, 0.2) is 17.3 Å². The molecule has 4 nitrogen and oxygen atoms in total. The molecule has 1 aromatic carbocycles. The molecule has 146 valence electrons. The summed E-state index contributed by atoms with van der Waals surface area (Å²) in [6.07, 6.45) is 13.8. The van der Waals surface area contributed by atoms with E-state index in [1.54, 1.807) is 20.4 Å². The molecule has 4 fully saturated rings. The molecule has 0 unspecified atom stereocenters. The van der Waals surface area contributed by atoms with Crippen molar-refractivity contribution in [3.05, 3.63) is 42.1 Å². The van der Waals surface area contributed by atoms with Gasteiger partial charge in [0.05, 0.1) is 19.7 Å². The van der Waals surface area contributed by atoms with Crippen molar-refractivity contribution in [1.82, 2.24) is 4.98 Å². The second kappa shape index (κ2) is 6.61.